The number of amides is 1. The molecular formula is C72H76FNO12SSi. The minimum atomic E-state index is -4.51. The quantitative estimate of drug-likeness (QED) is 0.0220. The highest BCUT2D eigenvalue weighted by atomic mass is 32.2. The Labute approximate surface area is 517 Å². The van der Waals surface area contributed by atoms with Gasteiger partial charge in [-0.25, -0.2) is 9.18 Å². The van der Waals surface area contributed by atoms with E-state index < -0.39 is 72.6 Å². The number of β-lactam (4-membered cyclic amide) rings is 1. The number of hydrogen-bond acceptors (Lipinski definition) is 12. The second-order valence-electron chi connectivity index (χ2n) is 23.9. The number of halogens is 1. The van der Waals surface area contributed by atoms with E-state index in [1.807, 2.05) is 175 Å². The average Bonchev–Trinajstić information content (AvgIpc) is 1.70. The van der Waals surface area contributed by atoms with Gasteiger partial charge in [0.05, 0.1) is 45.0 Å². The third-order valence-corrected chi connectivity index (χ3v) is 22.4. The second kappa shape index (κ2) is 28.6. The predicted octanol–water partition coefficient (Wildman–Crippen LogP) is 14.7. The van der Waals surface area contributed by atoms with Crippen LogP contribution in [-0.4, -0.2) is 72.0 Å². The molecule has 8 atom stereocenters. The number of nitrogens with zero attached hydrogens (tertiary/aromatic N) is 1. The van der Waals surface area contributed by atoms with Gasteiger partial charge in [-0.1, -0.05) is 197 Å². The van der Waals surface area contributed by atoms with E-state index in [4.69, 9.17) is 37.0 Å². The molecule has 8 aromatic rings. The van der Waals surface area contributed by atoms with Gasteiger partial charge in [-0.15, -0.1) is 0 Å². The first-order chi connectivity index (χ1) is 42.4. The molecule has 0 saturated carbocycles. The molecule has 0 aliphatic carbocycles. The van der Waals surface area contributed by atoms with Crippen LogP contribution in [0.3, 0.4) is 0 Å². The summed E-state index contributed by atoms with van der Waals surface area (Å²) in [5.74, 6) is -1.70. The van der Waals surface area contributed by atoms with Gasteiger partial charge < -0.3 is 41.9 Å². The Bertz CT molecular complexity index is 3660. The van der Waals surface area contributed by atoms with Crippen molar-refractivity contribution in [2.24, 2.45) is 5.92 Å². The maximum Gasteiger partial charge on any atom is 0.337 e. The van der Waals surface area contributed by atoms with E-state index in [0.717, 1.165) is 50.2 Å². The Hall–Kier alpha value is -7.80. The highest BCUT2D eigenvalue weighted by Crippen LogP contribution is 2.51. The Balaban J connectivity index is 0.931. The van der Waals surface area contributed by atoms with Crippen molar-refractivity contribution in [1.82, 2.24) is 0 Å². The Morgan fingerprint density at radius 1 is 0.625 bits per heavy atom. The Kier molecular flexibility index (Phi) is 20.5. The van der Waals surface area contributed by atoms with Crippen molar-refractivity contribution in [2.75, 3.05) is 17.8 Å². The van der Waals surface area contributed by atoms with Crippen LogP contribution in [0.15, 0.2) is 218 Å². The normalized spacial score (nSPS) is 20.0. The molecule has 2 fully saturated rings. The lowest BCUT2D eigenvalue weighted by Crippen LogP contribution is -2.63. The van der Waals surface area contributed by atoms with Gasteiger partial charge in [0.15, 0.2) is 14.4 Å². The Morgan fingerprint density at radius 2 is 1.12 bits per heavy atom. The monoisotopic (exact) mass is 1230 g/mol. The molecular weight excluding hydrogens is 1150 g/mol. The molecule has 1 amide bonds. The van der Waals surface area contributed by atoms with E-state index in [1.54, 1.807) is 36.4 Å². The molecule has 2 saturated heterocycles. The molecule has 0 bridgehead atoms. The summed E-state index contributed by atoms with van der Waals surface area (Å²) < 4.78 is 94.6. The van der Waals surface area contributed by atoms with Crippen molar-refractivity contribution >= 4 is 36.0 Å². The van der Waals surface area contributed by atoms with Crippen molar-refractivity contribution in [3.63, 3.8) is 0 Å². The van der Waals surface area contributed by atoms with E-state index in [1.165, 1.54) is 19.2 Å². The summed E-state index contributed by atoms with van der Waals surface area (Å²) in [6.07, 6.45) is -5.32. The summed E-state index contributed by atoms with van der Waals surface area (Å²) in [4.78, 5) is 30.2. The number of para-hydroxylation sites is 1. The van der Waals surface area contributed by atoms with E-state index in [0.29, 0.717) is 18.6 Å². The van der Waals surface area contributed by atoms with Crippen molar-refractivity contribution in [1.29, 1.82) is 0 Å². The van der Waals surface area contributed by atoms with Crippen LogP contribution < -0.4 is 13.8 Å². The van der Waals surface area contributed by atoms with E-state index in [2.05, 4.69) is 33.9 Å². The molecule has 10 rings (SSSR count). The van der Waals surface area contributed by atoms with Gasteiger partial charge in [-0.2, -0.15) is 8.42 Å². The molecule has 2 unspecified atom stereocenters. The number of hydrogen-bond donors (Lipinski definition) is 0. The topological polar surface area (TPSA) is 145 Å². The van der Waals surface area contributed by atoms with Gasteiger partial charge in [0.25, 0.3) is 0 Å². The zero-order valence-corrected chi connectivity index (χ0v) is 52.3. The van der Waals surface area contributed by atoms with Gasteiger partial charge in [0.2, 0.25) is 5.91 Å². The molecule has 0 N–H and O–H groups in total. The van der Waals surface area contributed by atoms with E-state index >= 15 is 0 Å². The summed E-state index contributed by atoms with van der Waals surface area (Å²) in [6, 6.07) is 66.5. The van der Waals surface area contributed by atoms with Crippen molar-refractivity contribution < 1.29 is 59.4 Å². The van der Waals surface area contributed by atoms with Crippen LogP contribution in [0.4, 0.5) is 10.1 Å². The SMILES string of the molecule is COC(=O)C1O[C@@H](CS(=O)(=O)Oc2ccc(-c3ccc([C@@H]4[C@@H](CC[C@@H](O[Si](C)(C)C(C)(C)C)c5ccc(F)cc5)C(=O)N4c4ccccc4)c(OCc4ccccc4)c3)cc2)C(OCc2ccccc2)[C@@H](OCc2ccccc2)[C@H]1OCc1ccccc1. The zero-order valence-electron chi connectivity index (χ0n) is 50.5. The Morgan fingerprint density at radius 3 is 1.66 bits per heavy atom. The van der Waals surface area contributed by atoms with Crippen LogP contribution in [0.2, 0.25) is 18.1 Å². The smallest absolute Gasteiger partial charge is 0.337 e. The number of rotatable bonds is 26. The van der Waals surface area contributed by atoms with Crippen LogP contribution in [-0.2, 0) is 74.2 Å². The maximum absolute atomic E-state index is 14.6. The number of carbonyl (C=O) groups excluding carboxylic acids is 2. The first kappa shape index (κ1) is 63.2. The van der Waals surface area contributed by atoms with Crippen molar-refractivity contribution in [3.8, 4) is 22.6 Å². The zero-order chi connectivity index (χ0) is 61.8. The summed E-state index contributed by atoms with van der Waals surface area (Å²) in [5, 5.41) is -0.0960. The van der Waals surface area contributed by atoms with E-state index in [-0.39, 0.29) is 55.0 Å². The summed E-state index contributed by atoms with van der Waals surface area (Å²) in [6.45, 7) is 11.4. The largest absolute Gasteiger partial charge is 0.489 e. The van der Waals surface area contributed by atoms with Crippen molar-refractivity contribution in [2.45, 2.75) is 121 Å². The second-order valence-corrected chi connectivity index (χ2v) is 30.2. The fourth-order valence-electron chi connectivity index (χ4n) is 11.0. The first-order valence-electron chi connectivity index (χ1n) is 29.8. The van der Waals surface area contributed by atoms with Crippen LogP contribution in [0, 0.1) is 11.7 Å². The number of anilines is 1. The highest BCUT2D eigenvalue weighted by Gasteiger charge is 2.53. The molecule has 16 heteroatoms. The average molecular weight is 1230 g/mol. The number of ether oxygens (including phenoxy) is 6. The van der Waals surface area contributed by atoms with Crippen molar-refractivity contribution in [3.05, 3.63) is 258 Å². The predicted molar refractivity (Wildman–Crippen MR) is 340 cm³/mol. The molecule has 2 aliphatic rings. The van der Waals surface area contributed by atoms with Crippen LogP contribution >= 0.6 is 0 Å². The fraction of sp³-hybridized carbons (Fsp3) is 0.306. The summed E-state index contributed by atoms with van der Waals surface area (Å²) >= 11 is 0. The third kappa shape index (κ3) is 15.7. The molecule has 13 nitrogen and oxygen atoms in total. The lowest BCUT2D eigenvalue weighted by molar-refractivity contribution is -0.261. The minimum absolute atomic E-state index is 0.0215. The molecule has 2 heterocycles. The maximum atomic E-state index is 14.6. The lowest BCUT2D eigenvalue weighted by Gasteiger charge is -2.48. The van der Waals surface area contributed by atoms with Gasteiger partial charge in [0.1, 0.15) is 54.1 Å². The van der Waals surface area contributed by atoms with Gasteiger partial charge in [-0.05, 0) is 112 Å². The van der Waals surface area contributed by atoms with Gasteiger partial charge >= 0.3 is 16.1 Å². The number of methoxy groups -OCH3 is 1. The van der Waals surface area contributed by atoms with E-state index in [9.17, 15) is 22.4 Å². The van der Waals surface area contributed by atoms with Gasteiger partial charge in [0, 0.05) is 11.3 Å². The minimum Gasteiger partial charge on any atom is -0.489 e. The first-order valence-corrected chi connectivity index (χ1v) is 34.3. The summed E-state index contributed by atoms with van der Waals surface area (Å²) in [7, 11) is -5.61. The molecule has 458 valence electrons. The molecule has 88 heavy (non-hydrogen) atoms. The van der Waals surface area contributed by atoms with Crippen LogP contribution in [0.25, 0.3) is 11.1 Å². The van der Waals surface area contributed by atoms with Crippen LogP contribution in [0.1, 0.15) is 79.1 Å². The number of esters is 1. The number of carbonyl (C=O) groups is 2. The summed E-state index contributed by atoms with van der Waals surface area (Å²) in [5.41, 5.74) is 7.37. The van der Waals surface area contributed by atoms with Crippen LogP contribution in [0.5, 0.6) is 11.5 Å². The molecule has 0 spiro atoms. The molecule has 0 aromatic heterocycles. The number of benzene rings is 8. The lowest BCUT2D eigenvalue weighted by atomic mass is 9.77. The van der Waals surface area contributed by atoms with Gasteiger partial charge in [-0.3, -0.25) is 4.79 Å². The molecule has 0 radical (unpaired) electrons. The molecule has 2 aliphatic heterocycles. The molecule has 8 aromatic carbocycles. The standard InChI is InChI=1S/C72H76FNO12SSi/c1-72(2,3)88(5,6)86-62(55-32-37-57(73)38-33-55)43-42-61-65(74(70(61)75)58-30-20-11-21-31-58)60-41-36-56(44-63(60)80-45-50-22-12-7-13-23-50)54-34-39-59(40-35-54)85-87(77,78)49-64-66(81-46-51-24-14-8-15-25-51)67(82-47-52-26-16-9-17-27-52)68(69(84-64)71(76)79-4)83-48-53-28-18-10-19-29-53/h7-41,44,61-62,64-69H,42-43,45-49H2,1-6H3/t61-,62-,64+,65-,66?,67-,68-,69?/m1/s1. The third-order valence-electron chi connectivity index (χ3n) is 16.7. The highest BCUT2D eigenvalue weighted by molar-refractivity contribution is 7.87. The fourth-order valence-corrected chi connectivity index (χ4v) is 13.5.